The largest absolute Gasteiger partial charge is 0.354 e. The number of nitrogens with zero attached hydrogens (tertiary/aromatic N) is 1. The van der Waals surface area contributed by atoms with Crippen LogP contribution < -0.4 is 10.6 Å². The van der Waals surface area contributed by atoms with Gasteiger partial charge in [-0.25, -0.2) is 0 Å². The highest BCUT2D eigenvalue weighted by atomic mass is 32.2. The average molecular weight is 404 g/mol. The van der Waals surface area contributed by atoms with Gasteiger partial charge in [0.25, 0.3) is 0 Å². The number of carbonyl (C=O) groups excluding carboxylic acids is 2. The van der Waals surface area contributed by atoms with E-state index in [1.807, 2.05) is 34.9 Å². The number of hydrogen-bond acceptors (Lipinski definition) is 4. The van der Waals surface area contributed by atoms with Crippen molar-refractivity contribution in [1.82, 2.24) is 15.5 Å². The molecule has 0 aromatic heterocycles. The fourth-order valence-electron chi connectivity index (χ4n) is 3.85. The molecule has 1 unspecified atom stereocenters. The summed E-state index contributed by atoms with van der Waals surface area (Å²) in [6.07, 6.45) is 3.25. The van der Waals surface area contributed by atoms with E-state index in [9.17, 15) is 9.59 Å². The van der Waals surface area contributed by atoms with Gasteiger partial charge in [0.2, 0.25) is 11.8 Å². The van der Waals surface area contributed by atoms with Gasteiger partial charge in [0.05, 0.1) is 10.9 Å². The van der Waals surface area contributed by atoms with Crippen LogP contribution in [0, 0.1) is 5.41 Å². The third kappa shape index (κ3) is 5.74. The van der Waals surface area contributed by atoms with E-state index in [0.717, 1.165) is 38.1 Å². The van der Waals surface area contributed by atoms with Crippen molar-refractivity contribution >= 4 is 23.6 Å². The minimum atomic E-state index is -0.141. The number of amides is 2. The van der Waals surface area contributed by atoms with Crippen molar-refractivity contribution in [1.29, 1.82) is 0 Å². The van der Waals surface area contributed by atoms with Crippen molar-refractivity contribution in [2.45, 2.75) is 57.4 Å². The van der Waals surface area contributed by atoms with E-state index in [4.69, 9.17) is 0 Å². The van der Waals surface area contributed by atoms with Crippen LogP contribution in [0.5, 0.6) is 0 Å². The van der Waals surface area contributed by atoms with E-state index < -0.39 is 0 Å². The van der Waals surface area contributed by atoms with Crippen LogP contribution in [-0.2, 0) is 16.0 Å². The number of hydrogen-bond donors (Lipinski definition) is 2. The van der Waals surface area contributed by atoms with Crippen molar-refractivity contribution in [3.05, 3.63) is 35.9 Å². The first kappa shape index (κ1) is 21.2. The van der Waals surface area contributed by atoms with E-state index in [0.29, 0.717) is 13.0 Å². The van der Waals surface area contributed by atoms with Gasteiger partial charge in [-0.1, -0.05) is 51.1 Å². The lowest BCUT2D eigenvalue weighted by molar-refractivity contribution is -0.134. The summed E-state index contributed by atoms with van der Waals surface area (Å²) in [5.41, 5.74) is 1.26. The summed E-state index contributed by atoms with van der Waals surface area (Å²) >= 11 is 1.85. The summed E-state index contributed by atoms with van der Waals surface area (Å²) in [5, 5.41) is 6.64. The molecule has 0 radical (unpaired) electrons. The van der Waals surface area contributed by atoms with Gasteiger partial charge in [0, 0.05) is 31.8 Å². The Morgan fingerprint density at radius 2 is 1.89 bits per heavy atom. The van der Waals surface area contributed by atoms with Crippen LogP contribution in [0.3, 0.4) is 0 Å². The SMILES string of the molecule is CC(C)(C)CC(=O)N1CCC2(CC1)NC(C(=O)NCCc1ccccc1)CS2. The van der Waals surface area contributed by atoms with Gasteiger partial charge in [-0.05, 0) is 30.2 Å². The normalized spacial score (nSPS) is 21.7. The molecule has 1 aromatic rings. The predicted molar refractivity (Wildman–Crippen MR) is 115 cm³/mol. The molecule has 3 rings (SSSR count). The Morgan fingerprint density at radius 3 is 2.54 bits per heavy atom. The van der Waals surface area contributed by atoms with Crippen LogP contribution in [0.2, 0.25) is 0 Å². The highest BCUT2D eigenvalue weighted by Crippen LogP contribution is 2.39. The topological polar surface area (TPSA) is 61.4 Å². The lowest BCUT2D eigenvalue weighted by atomic mass is 9.91. The third-order valence-electron chi connectivity index (χ3n) is 5.44. The van der Waals surface area contributed by atoms with E-state index in [-0.39, 0.29) is 28.1 Å². The van der Waals surface area contributed by atoms with Crippen LogP contribution >= 0.6 is 11.8 Å². The Balaban J connectivity index is 1.42. The molecule has 6 heteroatoms. The van der Waals surface area contributed by atoms with Crippen molar-refractivity contribution in [2.75, 3.05) is 25.4 Å². The molecule has 0 aliphatic carbocycles. The molecule has 2 amide bonds. The van der Waals surface area contributed by atoms with Crippen molar-refractivity contribution in [2.24, 2.45) is 5.41 Å². The number of likely N-dealkylation sites (tertiary alicyclic amines) is 1. The summed E-state index contributed by atoms with van der Waals surface area (Å²) < 4.78 is 0. The van der Waals surface area contributed by atoms with Gasteiger partial charge in [0.15, 0.2) is 0 Å². The second-order valence-electron chi connectivity index (χ2n) is 9.15. The number of nitrogens with one attached hydrogen (secondary N) is 2. The van der Waals surface area contributed by atoms with Crippen molar-refractivity contribution < 1.29 is 9.59 Å². The zero-order chi connectivity index (χ0) is 20.2. The number of piperidine rings is 1. The maximum atomic E-state index is 12.5. The Morgan fingerprint density at radius 1 is 1.21 bits per heavy atom. The molecular formula is C22H33N3O2S. The molecule has 2 N–H and O–H groups in total. The maximum absolute atomic E-state index is 12.5. The number of rotatable bonds is 5. The lowest BCUT2D eigenvalue weighted by Crippen LogP contribution is -2.54. The summed E-state index contributed by atoms with van der Waals surface area (Å²) in [7, 11) is 0. The van der Waals surface area contributed by atoms with E-state index in [2.05, 4.69) is 43.5 Å². The lowest BCUT2D eigenvalue weighted by Gasteiger charge is -2.40. The molecule has 2 aliphatic rings. The first-order chi connectivity index (χ1) is 13.3. The van der Waals surface area contributed by atoms with Gasteiger partial charge < -0.3 is 10.2 Å². The van der Waals surface area contributed by atoms with Gasteiger partial charge in [-0.15, -0.1) is 11.8 Å². The molecular weight excluding hydrogens is 370 g/mol. The molecule has 0 saturated carbocycles. The molecule has 5 nitrogen and oxygen atoms in total. The molecule has 2 aliphatic heterocycles. The van der Waals surface area contributed by atoms with Crippen LogP contribution in [0.25, 0.3) is 0 Å². The van der Waals surface area contributed by atoms with Crippen LogP contribution in [0.15, 0.2) is 30.3 Å². The van der Waals surface area contributed by atoms with E-state index >= 15 is 0 Å². The molecule has 0 bridgehead atoms. The Kier molecular flexibility index (Phi) is 6.71. The molecule has 2 saturated heterocycles. The maximum Gasteiger partial charge on any atom is 0.238 e. The molecule has 1 aromatic carbocycles. The first-order valence-electron chi connectivity index (χ1n) is 10.3. The molecule has 1 atom stereocenters. The Bertz CT molecular complexity index is 679. The van der Waals surface area contributed by atoms with Gasteiger partial charge in [0.1, 0.15) is 0 Å². The van der Waals surface area contributed by atoms with E-state index in [1.54, 1.807) is 0 Å². The van der Waals surface area contributed by atoms with Gasteiger partial charge in [-0.3, -0.25) is 14.9 Å². The first-order valence-corrected chi connectivity index (χ1v) is 11.3. The number of carbonyl (C=O) groups is 2. The van der Waals surface area contributed by atoms with Crippen LogP contribution in [0.4, 0.5) is 0 Å². The molecule has 2 heterocycles. The molecule has 1 spiro atoms. The minimum absolute atomic E-state index is 0.0233. The Hall–Kier alpha value is -1.53. The molecule has 2 fully saturated rings. The zero-order valence-electron chi connectivity index (χ0n) is 17.3. The smallest absolute Gasteiger partial charge is 0.238 e. The standard InChI is InChI=1S/C22H33N3O2S/c1-21(2,3)15-19(26)25-13-10-22(11-14-25)24-18(16-28-22)20(27)23-12-9-17-7-5-4-6-8-17/h4-8,18,24H,9-16H2,1-3H3,(H,23,27). The predicted octanol–water partition coefficient (Wildman–Crippen LogP) is 2.81. The zero-order valence-corrected chi connectivity index (χ0v) is 18.1. The fourth-order valence-corrected chi connectivity index (χ4v) is 5.27. The number of thioether (sulfide) groups is 1. The molecule has 28 heavy (non-hydrogen) atoms. The Labute approximate surface area is 173 Å². The minimum Gasteiger partial charge on any atom is -0.354 e. The summed E-state index contributed by atoms with van der Waals surface area (Å²) in [6.45, 7) is 8.52. The van der Waals surface area contributed by atoms with Gasteiger partial charge >= 0.3 is 0 Å². The monoisotopic (exact) mass is 403 g/mol. The summed E-state index contributed by atoms with van der Waals surface area (Å²) in [4.78, 5) is 26.9. The highest BCUT2D eigenvalue weighted by molar-refractivity contribution is 8.01. The summed E-state index contributed by atoms with van der Waals surface area (Å²) in [6, 6.07) is 10.1. The van der Waals surface area contributed by atoms with E-state index in [1.165, 1.54) is 5.56 Å². The second-order valence-corrected chi connectivity index (χ2v) is 10.6. The molecule has 154 valence electrons. The third-order valence-corrected chi connectivity index (χ3v) is 7.02. The van der Waals surface area contributed by atoms with Crippen LogP contribution in [0.1, 0.15) is 45.6 Å². The van der Waals surface area contributed by atoms with Gasteiger partial charge in [-0.2, -0.15) is 0 Å². The summed E-state index contributed by atoms with van der Waals surface area (Å²) in [5.74, 6) is 1.14. The number of benzene rings is 1. The average Bonchev–Trinajstić information content (AvgIpc) is 3.05. The highest BCUT2D eigenvalue weighted by Gasteiger charge is 2.44. The second kappa shape index (κ2) is 8.87. The van der Waals surface area contributed by atoms with Crippen molar-refractivity contribution in [3.8, 4) is 0 Å². The fraction of sp³-hybridized carbons (Fsp3) is 0.636. The quantitative estimate of drug-likeness (QED) is 0.794. The van der Waals surface area contributed by atoms with Crippen molar-refractivity contribution in [3.63, 3.8) is 0 Å². The van der Waals surface area contributed by atoms with Crippen LogP contribution in [-0.4, -0.2) is 53.0 Å².